The molecule has 0 spiro atoms. The highest BCUT2D eigenvalue weighted by Crippen LogP contribution is 2.12. The van der Waals surface area contributed by atoms with Crippen LogP contribution in [0.25, 0.3) is 16.6 Å². The highest BCUT2D eigenvalue weighted by Gasteiger charge is 2.09. The van der Waals surface area contributed by atoms with E-state index in [0.717, 1.165) is 18.9 Å². The number of aromatic nitrogens is 3. The molecule has 0 saturated heterocycles. The van der Waals surface area contributed by atoms with Crippen LogP contribution in [0.3, 0.4) is 0 Å². The van der Waals surface area contributed by atoms with Crippen molar-refractivity contribution in [1.29, 1.82) is 0 Å². The van der Waals surface area contributed by atoms with Gasteiger partial charge in [-0.05, 0) is 38.1 Å². The summed E-state index contributed by atoms with van der Waals surface area (Å²) in [6, 6.07) is 11.1. The number of para-hydroxylation sites is 1. The first-order valence-electron chi connectivity index (χ1n) is 6.78. The van der Waals surface area contributed by atoms with Crippen LogP contribution in [0, 0.1) is 0 Å². The number of hydrogen-bond donors (Lipinski definition) is 0. The van der Waals surface area contributed by atoms with Gasteiger partial charge in [-0.2, -0.15) is 4.52 Å². The minimum atomic E-state index is -0.125. The van der Waals surface area contributed by atoms with Crippen LogP contribution in [0.15, 0.2) is 41.2 Å². The summed E-state index contributed by atoms with van der Waals surface area (Å²) >= 11 is 0. The summed E-state index contributed by atoms with van der Waals surface area (Å²) in [5.74, 6) is 0.793. The Balaban J connectivity index is 2.31. The molecule has 0 N–H and O–H groups in total. The molecule has 2 aromatic heterocycles. The van der Waals surface area contributed by atoms with Crippen molar-refractivity contribution in [1.82, 2.24) is 14.6 Å². The Morgan fingerprint density at radius 1 is 1.10 bits per heavy atom. The molecule has 0 atom stereocenters. The van der Waals surface area contributed by atoms with Crippen molar-refractivity contribution in [3.8, 4) is 0 Å². The van der Waals surface area contributed by atoms with Gasteiger partial charge in [0.1, 0.15) is 5.82 Å². The number of rotatable bonds is 3. The van der Waals surface area contributed by atoms with Crippen molar-refractivity contribution in [2.45, 2.75) is 13.8 Å². The second-order valence-electron chi connectivity index (χ2n) is 4.57. The third-order valence-electron chi connectivity index (χ3n) is 3.45. The lowest BCUT2D eigenvalue weighted by Gasteiger charge is -2.19. The fourth-order valence-electron chi connectivity index (χ4n) is 2.35. The van der Waals surface area contributed by atoms with Gasteiger partial charge < -0.3 is 4.90 Å². The van der Waals surface area contributed by atoms with Crippen molar-refractivity contribution in [2.75, 3.05) is 18.0 Å². The maximum absolute atomic E-state index is 12.5. The van der Waals surface area contributed by atoms with Crippen LogP contribution < -0.4 is 10.5 Å². The first-order chi connectivity index (χ1) is 9.74. The van der Waals surface area contributed by atoms with Crippen LogP contribution in [0.5, 0.6) is 0 Å². The normalized spacial score (nSPS) is 11.1. The standard InChI is InChI=1S/C15H16N4O/c1-3-18(4-2)14-10-9-13-16-12-8-6-5-7-11(12)15(20)19(13)17-14/h5-10H,3-4H2,1-2H3. The topological polar surface area (TPSA) is 50.5 Å². The number of nitrogens with zero attached hydrogens (tertiary/aromatic N) is 4. The zero-order valence-corrected chi connectivity index (χ0v) is 11.6. The van der Waals surface area contributed by atoms with Crippen LogP contribution in [-0.4, -0.2) is 27.7 Å². The van der Waals surface area contributed by atoms with Crippen LogP contribution >= 0.6 is 0 Å². The summed E-state index contributed by atoms with van der Waals surface area (Å²) in [7, 11) is 0. The SMILES string of the molecule is CCN(CC)c1ccc2nc3ccccc3c(=O)n2n1. The minimum Gasteiger partial charge on any atom is -0.356 e. The molecule has 0 aliphatic rings. The van der Waals surface area contributed by atoms with E-state index in [1.165, 1.54) is 4.52 Å². The van der Waals surface area contributed by atoms with E-state index >= 15 is 0 Å². The zero-order chi connectivity index (χ0) is 14.1. The smallest absolute Gasteiger partial charge is 0.282 e. The first-order valence-corrected chi connectivity index (χ1v) is 6.78. The molecule has 0 amide bonds. The lowest BCUT2D eigenvalue weighted by atomic mass is 10.2. The quantitative estimate of drug-likeness (QED) is 0.682. The fraction of sp³-hybridized carbons (Fsp3) is 0.267. The van der Waals surface area contributed by atoms with Gasteiger partial charge in [-0.1, -0.05) is 12.1 Å². The average Bonchev–Trinajstić information content (AvgIpc) is 2.49. The molecule has 1 aromatic carbocycles. The highest BCUT2D eigenvalue weighted by atomic mass is 16.1. The lowest BCUT2D eigenvalue weighted by Crippen LogP contribution is -2.26. The molecule has 20 heavy (non-hydrogen) atoms. The van der Waals surface area contributed by atoms with Crippen molar-refractivity contribution in [3.05, 3.63) is 46.8 Å². The molecule has 0 saturated carbocycles. The Morgan fingerprint density at radius 3 is 2.60 bits per heavy atom. The largest absolute Gasteiger partial charge is 0.356 e. The summed E-state index contributed by atoms with van der Waals surface area (Å²) in [4.78, 5) is 19.1. The van der Waals surface area contributed by atoms with Crippen molar-refractivity contribution in [3.63, 3.8) is 0 Å². The second kappa shape index (κ2) is 4.92. The molecule has 3 rings (SSSR count). The van der Waals surface area contributed by atoms with Crippen LogP contribution in [0.1, 0.15) is 13.8 Å². The number of benzene rings is 1. The Labute approximate surface area is 116 Å². The molecule has 5 heteroatoms. The van der Waals surface area contributed by atoms with Crippen molar-refractivity contribution in [2.24, 2.45) is 0 Å². The van der Waals surface area contributed by atoms with Gasteiger partial charge in [0.25, 0.3) is 5.56 Å². The van der Waals surface area contributed by atoms with Gasteiger partial charge in [0.05, 0.1) is 10.9 Å². The third-order valence-corrected chi connectivity index (χ3v) is 3.45. The minimum absolute atomic E-state index is 0.125. The highest BCUT2D eigenvalue weighted by molar-refractivity contribution is 5.79. The Hall–Kier alpha value is -2.43. The monoisotopic (exact) mass is 268 g/mol. The summed E-state index contributed by atoms with van der Waals surface area (Å²) in [5, 5.41) is 5.03. The molecular formula is C15H16N4O. The molecule has 5 nitrogen and oxygen atoms in total. The van der Waals surface area contributed by atoms with Crippen molar-refractivity contribution >= 4 is 22.4 Å². The van der Waals surface area contributed by atoms with E-state index in [0.29, 0.717) is 16.6 Å². The van der Waals surface area contributed by atoms with E-state index in [4.69, 9.17) is 0 Å². The van der Waals surface area contributed by atoms with E-state index in [1.54, 1.807) is 6.07 Å². The lowest BCUT2D eigenvalue weighted by molar-refractivity contribution is 0.794. The van der Waals surface area contributed by atoms with Gasteiger partial charge in [0.2, 0.25) is 0 Å². The maximum Gasteiger partial charge on any atom is 0.282 e. The van der Waals surface area contributed by atoms with E-state index < -0.39 is 0 Å². The third kappa shape index (κ3) is 1.91. The molecule has 0 radical (unpaired) electrons. The average molecular weight is 268 g/mol. The predicted molar refractivity (Wildman–Crippen MR) is 80.3 cm³/mol. The molecule has 0 aliphatic carbocycles. The fourth-order valence-corrected chi connectivity index (χ4v) is 2.35. The van der Waals surface area contributed by atoms with Gasteiger partial charge in [-0.15, -0.1) is 5.10 Å². The van der Waals surface area contributed by atoms with Crippen LogP contribution in [0.4, 0.5) is 5.82 Å². The molecule has 0 unspecified atom stereocenters. The van der Waals surface area contributed by atoms with Crippen LogP contribution in [-0.2, 0) is 0 Å². The molecule has 102 valence electrons. The number of hydrogen-bond acceptors (Lipinski definition) is 4. The van der Waals surface area contributed by atoms with E-state index in [-0.39, 0.29) is 5.56 Å². The predicted octanol–water partition coefficient (Wildman–Crippen LogP) is 2.09. The van der Waals surface area contributed by atoms with Crippen LogP contribution in [0.2, 0.25) is 0 Å². The van der Waals surface area contributed by atoms with Gasteiger partial charge in [0, 0.05) is 13.1 Å². The van der Waals surface area contributed by atoms with E-state index in [1.807, 2.05) is 30.3 Å². The van der Waals surface area contributed by atoms with Gasteiger partial charge in [-0.25, -0.2) is 4.98 Å². The second-order valence-corrected chi connectivity index (χ2v) is 4.57. The van der Waals surface area contributed by atoms with Gasteiger partial charge in [0.15, 0.2) is 5.65 Å². The molecule has 0 bridgehead atoms. The van der Waals surface area contributed by atoms with Crippen molar-refractivity contribution < 1.29 is 0 Å². The van der Waals surface area contributed by atoms with Gasteiger partial charge in [-0.3, -0.25) is 4.79 Å². The molecular weight excluding hydrogens is 252 g/mol. The van der Waals surface area contributed by atoms with E-state index in [2.05, 4.69) is 28.8 Å². The summed E-state index contributed by atoms with van der Waals surface area (Å²) in [6.45, 7) is 5.84. The summed E-state index contributed by atoms with van der Waals surface area (Å²) in [6.07, 6.45) is 0. The Kier molecular flexibility index (Phi) is 3.10. The van der Waals surface area contributed by atoms with E-state index in [9.17, 15) is 4.79 Å². The van der Waals surface area contributed by atoms with Gasteiger partial charge >= 0.3 is 0 Å². The zero-order valence-electron chi connectivity index (χ0n) is 11.6. The molecule has 0 aliphatic heterocycles. The summed E-state index contributed by atoms with van der Waals surface area (Å²) in [5.41, 5.74) is 1.15. The maximum atomic E-state index is 12.5. The number of anilines is 1. The first kappa shape index (κ1) is 12.6. The summed E-state index contributed by atoms with van der Waals surface area (Å²) < 4.78 is 1.38. The molecule has 0 fully saturated rings. The number of fused-ring (bicyclic) bond motifs is 2. The Morgan fingerprint density at radius 2 is 1.85 bits per heavy atom. The molecule has 3 aromatic rings. The molecule has 2 heterocycles. The Bertz CT molecular complexity index is 821.